The summed E-state index contributed by atoms with van der Waals surface area (Å²) in [6.07, 6.45) is 2.55. The fourth-order valence-electron chi connectivity index (χ4n) is 4.14. The third kappa shape index (κ3) is 3.68. The van der Waals surface area contributed by atoms with Crippen molar-refractivity contribution >= 4 is 11.6 Å². The van der Waals surface area contributed by atoms with E-state index < -0.39 is 0 Å². The minimum atomic E-state index is 0.146. The molecule has 162 valence electrons. The molecule has 1 aliphatic rings. The van der Waals surface area contributed by atoms with Gasteiger partial charge in [0.25, 0.3) is 0 Å². The number of hydrogen-bond acceptors (Lipinski definition) is 4. The average Bonchev–Trinajstić information content (AvgIpc) is 3.16. The number of methoxy groups -OCH3 is 1. The van der Waals surface area contributed by atoms with E-state index in [4.69, 9.17) is 14.5 Å². The van der Waals surface area contributed by atoms with Crippen molar-refractivity contribution in [2.75, 3.05) is 20.3 Å². The summed E-state index contributed by atoms with van der Waals surface area (Å²) in [5.41, 5.74) is 5.93. The molecule has 4 aromatic rings. The summed E-state index contributed by atoms with van der Waals surface area (Å²) < 4.78 is 13.3. The van der Waals surface area contributed by atoms with E-state index in [0.717, 1.165) is 45.2 Å². The smallest absolute Gasteiger partial charge is 0.222 e. The number of carbonyl (C=O) groups excluding carboxylic acids is 1. The van der Waals surface area contributed by atoms with Gasteiger partial charge in [-0.2, -0.15) is 0 Å². The highest BCUT2D eigenvalue weighted by Crippen LogP contribution is 2.31. The second kappa shape index (κ2) is 8.38. The van der Waals surface area contributed by atoms with E-state index in [0.29, 0.717) is 26.1 Å². The van der Waals surface area contributed by atoms with E-state index in [9.17, 15) is 4.79 Å². The molecular weight excluding hydrogens is 402 g/mol. The highest BCUT2D eigenvalue weighted by Gasteiger charge is 2.20. The van der Waals surface area contributed by atoms with Gasteiger partial charge < -0.3 is 14.4 Å². The predicted octanol–water partition coefficient (Wildman–Crippen LogP) is 4.81. The standard InChI is InChI=1S/C26H25N3O3/c1-3-26(30)28-13-14-32-24-12-9-19(15-20(24)16-28)23-5-4-6-25-27-22(17-29(23)25)18-7-10-21(31-2)11-8-18/h4-12,15,17H,3,13-14,16H2,1-2H3. The zero-order chi connectivity index (χ0) is 22.1. The predicted molar refractivity (Wildman–Crippen MR) is 124 cm³/mol. The molecule has 0 radical (unpaired) electrons. The number of nitrogens with zero attached hydrogens (tertiary/aromatic N) is 3. The summed E-state index contributed by atoms with van der Waals surface area (Å²) in [6.45, 7) is 3.58. The van der Waals surface area contributed by atoms with E-state index in [2.05, 4.69) is 28.8 Å². The van der Waals surface area contributed by atoms with E-state index >= 15 is 0 Å². The molecule has 0 aliphatic carbocycles. The van der Waals surface area contributed by atoms with E-state index in [1.807, 2.05) is 54.3 Å². The molecule has 0 fully saturated rings. The summed E-state index contributed by atoms with van der Waals surface area (Å²) in [6, 6.07) is 20.2. The molecule has 32 heavy (non-hydrogen) atoms. The molecule has 1 aliphatic heterocycles. The van der Waals surface area contributed by atoms with Crippen LogP contribution < -0.4 is 9.47 Å². The summed E-state index contributed by atoms with van der Waals surface area (Å²) in [5.74, 6) is 1.81. The fraction of sp³-hybridized carbons (Fsp3) is 0.231. The first-order valence-electron chi connectivity index (χ1n) is 10.8. The van der Waals surface area contributed by atoms with Gasteiger partial charge in [-0.1, -0.05) is 13.0 Å². The van der Waals surface area contributed by atoms with Crippen LogP contribution in [0.5, 0.6) is 11.5 Å². The Balaban J connectivity index is 1.54. The molecule has 5 rings (SSSR count). The van der Waals surface area contributed by atoms with Gasteiger partial charge >= 0.3 is 0 Å². The number of ether oxygens (including phenoxy) is 2. The van der Waals surface area contributed by atoms with Gasteiger partial charge in [-0.3, -0.25) is 9.20 Å². The van der Waals surface area contributed by atoms with Gasteiger partial charge in [0.05, 0.1) is 25.0 Å². The quantitative estimate of drug-likeness (QED) is 0.469. The van der Waals surface area contributed by atoms with Crippen LogP contribution in [0.1, 0.15) is 18.9 Å². The van der Waals surface area contributed by atoms with Gasteiger partial charge in [0.1, 0.15) is 23.8 Å². The average molecular weight is 428 g/mol. The number of fused-ring (bicyclic) bond motifs is 2. The lowest BCUT2D eigenvalue weighted by Gasteiger charge is -2.19. The van der Waals surface area contributed by atoms with Gasteiger partial charge in [-0.15, -0.1) is 0 Å². The van der Waals surface area contributed by atoms with Gasteiger partial charge in [0, 0.05) is 30.3 Å². The highest BCUT2D eigenvalue weighted by molar-refractivity contribution is 5.76. The molecule has 6 heteroatoms. The lowest BCUT2D eigenvalue weighted by Crippen LogP contribution is -2.31. The number of pyridine rings is 1. The number of hydrogen-bond donors (Lipinski definition) is 0. The lowest BCUT2D eigenvalue weighted by molar-refractivity contribution is -0.131. The van der Waals surface area contributed by atoms with Crippen LogP contribution in [-0.4, -0.2) is 40.5 Å². The molecule has 1 amide bonds. The molecule has 0 saturated carbocycles. The topological polar surface area (TPSA) is 56.1 Å². The third-order valence-electron chi connectivity index (χ3n) is 5.87. The fourth-order valence-corrected chi connectivity index (χ4v) is 4.14. The zero-order valence-electron chi connectivity index (χ0n) is 18.2. The van der Waals surface area contributed by atoms with Crippen molar-refractivity contribution in [3.05, 3.63) is 72.4 Å². The Labute approximate surface area is 187 Å². The van der Waals surface area contributed by atoms with Crippen molar-refractivity contribution in [3.63, 3.8) is 0 Å². The van der Waals surface area contributed by atoms with Crippen molar-refractivity contribution in [1.82, 2.24) is 14.3 Å². The summed E-state index contributed by atoms with van der Waals surface area (Å²) >= 11 is 0. The van der Waals surface area contributed by atoms with Crippen LogP contribution >= 0.6 is 0 Å². The molecule has 0 spiro atoms. The molecule has 0 N–H and O–H groups in total. The van der Waals surface area contributed by atoms with Crippen molar-refractivity contribution in [2.24, 2.45) is 0 Å². The molecule has 0 unspecified atom stereocenters. The van der Waals surface area contributed by atoms with E-state index in [1.165, 1.54) is 0 Å². The Bertz CT molecular complexity index is 1280. The Morgan fingerprint density at radius 3 is 2.69 bits per heavy atom. The molecule has 0 saturated heterocycles. The largest absolute Gasteiger partial charge is 0.497 e. The lowest BCUT2D eigenvalue weighted by atomic mass is 10.1. The van der Waals surface area contributed by atoms with Crippen LogP contribution in [0.4, 0.5) is 0 Å². The van der Waals surface area contributed by atoms with E-state index in [1.54, 1.807) is 7.11 Å². The number of benzene rings is 2. The van der Waals surface area contributed by atoms with Crippen LogP contribution in [0.3, 0.4) is 0 Å². The van der Waals surface area contributed by atoms with Crippen LogP contribution in [0.15, 0.2) is 66.9 Å². The van der Waals surface area contributed by atoms with Gasteiger partial charge in [-0.25, -0.2) is 4.98 Å². The van der Waals surface area contributed by atoms with Crippen molar-refractivity contribution in [2.45, 2.75) is 19.9 Å². The first-order valence-corrected chi connectivity index (χ1v) is 10.8. The number of aromatic nitrogens is 2. The number of rotatable bonds is 4. The maximum Gasteiger partial charge on any atom is 0.222 e. The number of carbonyl (C=O) groups is 1. The van der Waals surface area contributed by atoms with Gasteiger partial charge in [0.15, 0.2) is 0 Å². The highest BCUT2D eigenvalue weighted by atomic mass is 16.5. The SMILES string of the molecule is CCC(=O)N1CCOc2ccc(-c3cccc4nc(-c5ccc(OC)cc5)cn34)cc2C1. The van der Waals surface area contributed by atoms with Crippen molar-refractivity contribution < 1.29 is 14.3 Å². The number of imidazole rings is 1. The molecule has 2 aromatic heterocycles. The van der Waals surface area contributed by atoms with Gasteiger partial charge in [-0.05, 0) is 60.2 Å². The maximum atomic E-state index is 12.3. The molecule has 0 bridgehead atoms. The molecule has 2 aromatic carbocycles. The zero-order valence-corrected chi connectivity index (χ0v) is 18.2. The van der Waals surface area contributed by atoms with Crippen molar-refractivity contribution in [3.8, 4) is 34.0 Å². The maximum absolute atomic E-state index is 12.3. The van der Waals surface area contributed by atoms with Crippen LogP contribution in [0.2, 0.25) is 0 Å². The molecule has 3 heterocycles. The molecule has 6 nitrogen and oxygen atoms in total. The summed E-state index contributed by atoms with van der Waals surface area (Å²) in [5, 5.41) is 0. The summed E-state index contributed by atoms with van der Waals surface area (Å²) in [4.78, 5) is 19.0. The van der Waals surface area contributed by atoms with Crippen LogP contribution in [-0.2, 0) is 11.3 Å². The Morgan fingerprint density at radius 2 is 1.91 bits per heavy atom. The Kier molecular flexibility index (Phi) is 5.27. The second-order valence-electron chi connectivity index (χ2n) is 7.83. The monoisotopic (exact) mass is 427 g/mol. The minimum absolute atomic E-state index is 0.146. The molecular formula is C26H25N3O3. The normalized spacial score (nSPS) is 13.4. The van der Waals surface area contributed by atoms with Gasteiger partial charge in [0.2, 0.25) is 5.91 Å². The summed E-state index contributed by atoms with van der Waals surface area (Å²) in [7, 11) is 1.66. The molecule has 0 atom stereocenters. The first kappa shape index (κ1) is 20.1. The third-order valence-corrected chi connectivity index (χ3v) is 5.87. The van der Waals surface area contributed by atoms with E-state index in [-0.39, 0.29) is 5.91 Å². The number of amides is 1. The Hall–Kier alpha value is -3.80. The Morgan fingerprint density at radius 1 is 1.09 bits per heavy atom. The first-order chi connectivity index (χ1) is 15.7. The minimum Gasteiger partial charge on any atom is -0.497 e. The van der Waals surface area contributed by atoms with Crippen LogP contribution in [0.25, 0.3) is 28.2 Å². The van der Waals surface area contributed by atoms with Crippen molar-refractivity contribution in [1.29, 1.82) is 0 Å². The second-order valence-corrected chi connectivity index (χ2v) is 7.83. The van der Waals surface area contributed by atoms with Crippen LogP contribution in [0, 0.1) is 0 Å².